The Morgan fingerprint density at radius 3 is 2.38 bits per heavy atom. The van der Waals surface area contributed by atoms with Crippen molar-refractivity contribution in [2.45, 2.75) is 45.7 Å². The molecule has 0 heterocycles. The molecule has 0 bridgehead atoms. The van der Waals surface area contributed by atoms with Gasteiger partial charge in [0.1, 0.15) is 0 Å². The van der Waals surface area contributed by atoms with Crippen LogP contribution in [0.15, 0.2) is 30.3 Å². The van der Waals surface area contributed by atoms with Crippen molar-refractivity contribution in [2.75, 3.05) is 19.8 Å². The topological polar surface area (TPSA) is 57.7 Å². The first-order valence-electron chi connectivity index (χ1n) is 8.36. The molecule has 1 saturated carbocycles. The van der Waals surface area contributed by atoms with Gasteiger partial charge in [-0.3, -0.25) is 4.79 Å². The molecule has 1 aromatic rings. The number of nitrogens with zero attached hydrogens (tertiary/aromatic N) is 2. The average Bonchev–Trinajstić information content (AvgIpc) is 2.84. The molecule has 6 heteroatoms. The predicted molar refractivity (Wildman–Crippen MR) is 95.9 cm³/mol. The van der Waals surface area contributed by atoms with E-state index in [1.165, 1.54) is 7.05 Å². The molecule has 1 aliphatic rings. The van der Waals surface area contributed by atoms with Crippen LogP contribution < -0.4 is 0 Å². The number of rotatable bonds is 6. The van der Waals surface area contributed by atoms with E-state index in [-0.39, 0.29) is 23.9 Å². The van der Waals surface area contributed by atoms with Gasteiger partial charge in [0.2, 0.25) is 15.9 Å². The van der Waals surface area contributed by atoms with E-state index in [0.29, 0.717) is 6.54 Å². The number of carbonyl (C=O) groups is 1. The molecule has 2 rings (SSSR count). The van der Waals surface area contributed by atoms with Gasteiger partial charge in [-0.2, -0.15) is 4.31 Å². The van der Waals surface area contributed by atoms with Gasteiger partial charge in [-0.25, -0.2) is 8.42 Å². The smallest absolute Gasteiger partial charge is 0.238 e. The second-order valence-corrected chi connectivity index (χ2v) is 9.51. The molecule has 0 radical (unpaired) electrons. The Labute approximate surface area is 145 Å². The van der Waals surface area contributed by atoms with Gasteiger partial charge in [0.05, 0.1) is 12.8 Å². The Kier molecular flexibility index (Phi) is 5.71. The maximum Gasteiger partial charge on any atom is 0.238 e. The molecule has 1 aliphatic carbocycles. The van der Waals surface area contributed by atoms with Crippen LogP contribution in [-0.4, -0.2) is 49.4 Å². The van der Waals surface area contributed by atoms with Gasteiger partial charge in [0, 0.05) is 19.6 Å². The first kappa shape index (κ1) is 18.9. The van der Waals surface area contributed by atoms with E-state index in [4.69, 9.17) is 0 Å². The maximum atomic E-state index is 12.9. The Hall–Kier alpha value is -1.40. The summed E-state index contributed by atoms with van der Waals surface area (Å²) in [6.07, 6.45) is 4.27. The molecule has 0 spiro atoms. The molecule has 1 fully saturated rings. The molecule has 0 aliphatic heterocycles. The number of carbonyl (C=O) groups excluding carboxylic acids is 1. The lowest BCUT2D eigenvalue weighted by Gasteiger charge is -2.38. The summed E-state index contributed by atoms with van der Waals surface area (Å²) < 4.78 is 24.4. The number of amides is 1. The van der Waals surface area contributed by atoms with Crippen LogP contribution in [0.25, 0.3) is 0 Å². The molecule has 24 heavy (non-hydrogen) atoms. The van der Waals surface area contributed by atoms with Crippen LogP contribution in [-0.2, 0) is 21.4 Å². The lowest BCUT2D eigenvalue weighted by Crippen LogP contribution is -2.49. The SMILES string of the molecule is CN(CC(=O)N(Cc1ccccc1)[C@H]1CCCC1(C)C)S(C)(=O)=O. The standard InChI is InChI=1S/C18H28N2O3S/c1-18(2)12-8-11-16(18)20(13-15-9-6-5-7-10-15)17(21)14-19(3)24(4,22)23/h5-7,9-10,16H,8,11-14H2,1-4H3/t16-/m0/s1. The number of hydrogen-bond acceptors (Lipinski definition) is 3. The lowest BCUT2D eigenvalue weighted by molar-refractivity contribution is -0.136. The number of likely N-dealkylation sites (N-methyl/N-ethyl adjacent to an activating group) is 1. The van der Waals surface area contributed by atoms with E-state index in [9.17, 15) is 13.2 Å². The zero-order chi connectivity index (χ0) is 18.0. The molecular formula is C18H28N2O3S. The maximum absolute atomic E-state index is 12.9. The second kappa shape index (κ2) is 7.23. The van der Waals surface area contributed by atoms with Crippen molar-refractivity contribution in [1.29, 1.82) is 0 Å². The molecule has 5 nitrogen and oxygen atoms in total. The summed E-state index contributed by atoms with van der Waals surface area (Å²) in [5.41, 5.74) is 1.12. The zero-order valence-electron chi connectivity index (χ0n) is 15.0. The number of benzene rings is 1. The predicted octanol–water partition coefficient (Wildman–Crippen LogP) is 2.49. The van der Waals surface area contributed by atoms with Crippen molar-refractivity contribution >= 4 is 15.9 Å². The van der Waals surface area contributed by atoms with Crippen LogP contribution in [0.4, 0.5) is 0 Å². The van der Waals surface area contributed by atoms with Crippen molar-refractivity contribution in [2.24, 2.45) is 5.41 Å². The van der Waals surface area contributed by atoms with Crippen LogP contribution in [0.1, 0.15) is 38.7 Å². The molecule has 0 N–H and O–H groups in total. The van der Waals surface area contributed by atoms with E-state index >= 15 is 0 Å². The molecular weight excluding hydrogens is 324 g/mol. The van der Waals surface area contributed by atoms with Crippen molar-refractivity contribution in [1.82, 2.24) is 9.21 Å². The molecule has 1 atom stereocenters. The molecule has 1 aromatic carbocycles. The summed E-state index contributed by atoms with van der Waals surface area (Å²) in [7, 11) is -1.92. The summed E-state index contributed by atoms with van der Waals surface area (Å²) in [5, 5.41) is 0. The monoisotopic (exact) mass is 352 g/mol. The highest BCUT2D eigenvalue weighted by Crippen LogP contribution is 2.41. The Bertz CT molecular complexity index is 671. The van der Waals surface area contributed by atoms with E-state index in [2.05, 4.69) is 13.8 Å². The van der Waals surface area contributed by atoms with Crippen LogP contribution in [0, 0.1) is 5.41 Å². The van der Waals surface area contributed by atoms with E-state index in [1.54, 1.807) is 0 Å². The minimum atomic E-state index is -3.37. The highest BCUT2D eigenvalue weighted by molar-refractivity contribution is 7.88. The highest BCUT2D eigenvalue weighted by atomic mass is 32.2. The molecule has 1 amide bonds. The van der Waals surface area contributed by atoms with E-state index in [1.807, 2.05) is 35.2 Å². The van der Waals surface area contributed by atoms with Gasteiger partial charge in [0.25, 0.3) is 0 Å². The van der Waals surface area contributed by atoms with E-state index < -0.39 is 10.0 Å². The summed E-state index contributed by atoms with van der Waals surface area (Å²) >= 11 is 0. The third-order valence-electron chi connectivity index (χ3n) is 5.02. The summed E-state index contributed by atoms with van der Waals surface area (Å²) in [4.78, 5) is 14.8. The van der Waals surface area contributed by atoms with E-state index in [0.717, 1.165) is 35.4 Å². The fourth-order valence-corrected chi connectivity index (χ4v) is 3.78. The summed E-state index contributed by atoms with van der Waals surface area (Å²) in [6.45, 7) is 4.79. The van der Waals surface area contributed by atoms with Crippen LogP contribution in [0.3, 0.4) is 0 Å². The Morgan fingerprint density at radius 1 is 1.25 bits per heavy atom. The van der Waals surface area contributed by atoms with Gasteiger partial charge in [-0.05, 0) is 23.8 Å². The third kappa shape index (κ3) is 4.57. The lowest BCUT2D eigenvalue weighted by atomic mass is 9.86. The Balaban J connectivity index is 2.24. The van der Waals surface area contributed by atoms with Crippen molar-refractivity contribution < 1.29 is 13.2 Å². The summed E-state index contributed by atoms with van der Waals surface area (Å²) in [6, 6.07) is 10.0. The number of hydrogen-bond donors (Lipinski definition) is 0. The molecule has 134 valence electrons. The minimum absolute atomic E-state index is 0.0497. The van der Waals surface area contributed by atoms with Crippen LogP contribution in [0.5, 0.6) is 0 Å². The Morgan fingerprint density at radius 2 is 1.88 bits per heavy atom. The van der Waals surface area contributed by atoms with Crippen LogP contribution in [0.2, 0.25) is 0 Å². The fourth-order valence-electron chi connectivity index (χ4n) is 3.44. The van der Waals surface area contributed by atoms with Gasteiger partial charge in [-0.15, -0.1) is 0 Å². The quantitative estimate of drug-likeness (QED) is 0.790. The first-order valence-corrected chi connectivity index (χ1v) is 10.2. The van der Waals surface area contributed by atoms with Crippen molar-refractivity contribution in [3.63, 3.8) is 0 Å². The van der Waals surface area contributed by atoms with Crippen LogP contribution >= 0.6 is 0 Å². The second-order valence-electron chi connectivity index (χ2n) is 7.42. The first-order chi connectivity index (χ1) is 11.1. The highest BCUT2D eigenvalue weighted by Gasteiger charge is 2.40. The fraction of sp³-hybridized carbons (Fsp3) is 0.611. The van der Waals surface area contributed by atoms with Gasteiger partial charge < -0.3 is 4.90 Å². The summed E-state index contributed by atoms with van der Waals surface area (Å²) in [5.74, 6) is -0.133. The largest absolute Gasteiger partial charge is 0.334 e. The third-order valence-corrected chi connectivity index (χ3v) is 6.28. The van der Waals surface area contributed by atoms with Crippen molar-refractivity contribution in [3.05, 3.63) is 35.9 Å². The number of sulfonamides is 1. The minimum Gasteiger partial charge on any atom is -0.334 e. The van der Waals surface area contributed by atoms with Crippen molar-refractivity contribution in [3.8, 4) is 0 Å². The molecule has 0 unspecified atom stereocenters. The van der Waals surface area contributed by atoms with Gasteiger partial charge in [0.15, 0.2) is 0 Å². The molecule has 0 saturated heterocycles. The van der Waals surface area contributed by atoms with Gasteiger partial charge in [-0.1, -0.05) is 50.6 Å². The average molecular weight is 353 g/mol. The normalized spacial score (nSPS) is 20.3. The molecule has 0 aromatic heterocycles. The zero-order valence-corrected chi connectivity index (χ0v) is 15.8. The van der Waals surface area contributed by atoms with Gasteiger partial charge >= 0.3 is 0 Å².